The predicted octanol–water partition coefficient (Wildman–Crippen LogP) is 6.12. The van der Waals surface area contributed by atoms with Crippen molar-refractivity contribution >= 4 is 17.4 Å². The first-order valence-electron chi connectivity index (χ1n) is 14.7. The van der Waals surface area contributed by atoms with E-state index in [0.717, 1.165) is 45.8 Å². The van der Waals surface area contributed by atoms with Gasteiger partial charge in [-0.1, -0.05) is 37.3 Å². The Bertz CT molecular complexity index is 1790. The molecule has 224 valence electrons. The summed E-state index contributed by atoms with van der Waals surface area (Å²) in [6.07, 6.45) is 4.60. The molecule has 3 aromatic heterocycles. The Morgan fingerprint density at radius 1 is 1.12 bits per heavy atom. The smallest absolute Gasteiger partial charge is 0.254 e. The van der Waals surface area contributed by atoms with Crippen LogP contribution in [0.4, 0.5) is 5.82 Å². The van der Waals surface area contributed by atoms with Crippen LogP contribution in [-0.4, -0.2) is 53.2 Å². The summed E-state index contributed by atoms with van der Waals surface area (Å²) in [5.74, 6) is 1.60. The summed E-state index contributed by atoms with van der Waals surface area (Å²) in [6, 6.07) is 16.2. The van der Waals surface area contributed by atoms with Crippen LogP contribution in [0.15, 0.2) is 60.9 Å². The Morgan fingerprint density at radius 3 is 2.56 bits per heavy atom. The lowest BCUT2D eigenvalue weighted by Crippen LogP contribution is -2.35. The van der Waals surface area contributed by atoms with E-state index >= 15 is 0 Å². The van der Waals surface area contributed by atoms with Crippen molar-refractivity contribution < 1.29 is 9.90 Å². The maximum atomic E-state index is 13.5. The van der Waals surface area contributed by atoms with Crippen LogP contribution in [0, 0.1) is 13.8 Å². The van der Waals surface area contributed by atoms with E-state index in [4.69, 9.17) is 10.1 Å². The highest BCUT2D eigenvalue weighted by Gasteiger charge is 2.25. The largest absolute Gasteiger partial charge is 0.384 e. The molecule has 0 saturated heterocycles. The van der Waals surface area contributed by atoms with E-state index in [9.17, 15) is 9.90 Å². The van der Waals surface area contributed by atoms with Gasteiger partial charge in [-0.25, -0.2) is 9.97 Å². The van der Waals surface area contributed by atoms with Crippen molar-refractivity contribution in [2.45, 2.75) is 66.2 Å². The molecule has 0 aliphatic carbocycles. The number of nitrogens with zero attached hydrogens (tertiary/aromatic N) is 6. The average molecular weight is 580 g/mol. The van der Waals surface area contributed by atoms with Gasteiger partial charge in [-0.2, -0.15) is 9.61 Å². The molecule has 9 heteroatoms. The van der Waals surface area contributed by atoms with Crippen molar-refractivity contribution in [1.29, 1.82) is 0 Å². The van der Waals surface area contributed by atoms with Gasteiger partial charge < -0.3 is 19.9 Å². The van der Waals surface area contributed by atoms with E-state index in [-0.39, 0.29) is 11.9 Å². The Labute approximate surface area is 253 Å². The summed E-state index contributed by atoms with van der Waals surface area (Å²) < 4.78 is 3.78. The molecule has 5 aromatic rings. The van der Waals surface area contributed by atoms with E-state index in [1.807, 2.05) is 75.1 Å². The molecule has 9 nitrogen and oxygen atoms in total. The van der Waals surface area contributed by atoms with Crippen LogP contribution in [0.5, 0.6) is 0 Å². The molecule has 0 aliphatic heterocycles. The van der Waals surface area contributed by atoms with Crippen LogP contribution in [0.1, 0.15) is 67.0 Å². The van der Waals surface area contributed by atoms with Gasteiger partial charge in [-0.15, -0.1) is 0 Å². The van der Waals surface area contributed by atoms with Gasteiger partial charge in [0, 0.05) is 61.8 Å². The minimum absolute atomic E-state index is 0.0110. The molecule has 0 unspecified atom stereocenters. The van der Waals surface area contributed by atoms with E-state index in [2.05, 4.69) is 36.3 Å². The zero-order valence-electron chi connectivity index (χ0n) is 26.3. The summed E-state index contributed by atoms with van der Waals surface area (Å²) in [7, 11) is 3.83. The summed E-state index contributed by atoms with van der Waals surface area (Å²) in [5.41, 5.74) is 6.08. The highest BCUT2D eigenvalue weighted by molar-refractivity contribution is 5.97. The normalized spacial score (nSPS) is 12.5. The standard InChI is InChI=1S/C34H41N7O2/c1-9-22(3)40(8)33(42)27-18-25(14-13-21(27)2)30-23(4)38-41-29(19-28(34(5,6)43)37-32(30)41)36-20-24-11-10-12-26(17-24)31-35-15-16-39(31)7/h10-19,22,36,43H,9,20H2,1-8H3/t22-/m0/s1. The molecule has 5 rings (SSSR count). The number of carbonyl (C=O) groups excluding carboxylic acids is 1. The first-order chi connectivity index (χ1) is 20.4. The molecule has 2 aromatic carbocycles. The molecular weight excluding hydrogens is 538 g/mol. The molecule has 43 heavy (non-hydrogen) atoms. The van der Waals surface area contributed by atoms with Crippen LogP contribution in [0.25, 0.3) is 28.2 Å². The quantitative estimate of drug-likeness (QED) is 0.218. The lowest BCUT2D eigenvalue weighted by atomic mass is 9.98. The van der Waals surface area contributed by atoms with E-state index < -0.39 is 5.60 Å². The van der Waals surface area contributed by atoms with Crippen LogP contribution >= 0.6 is 0 Å². The number of hydrogen-bond acceptors (Lipinski definition) is 6. The van der Waals surface area contributed by atoms with Gasteiger partial charge in [0.15, 0.2) is 5.65 Å². The number of benzene rings is 2. The van der Waals surface area contributed by atoms with Gasteiger partial charge >= 0.3 is 0 Å². The lowest BCUT2D eigenvalue weighted by molar-refractivity contribution is 0.0734. The van der Waals surface area contributed by atoms with E-state index in [0.29, 0.717) is 29.3 Å². The van der Waals surface area contributed by atoms with Gasteiger partial charge in [0.05, 0.1) is 11.4 Å². The first kappa shape index (κ1) is 30.0. The van der Waals surface area contributed by atoms with Crippen molar-refractivity contribution in [2.75, 3.05) is 12.4 Å². The van der Waals surface area contributed by atoms with Crippen molar-refractivity contribution in [3.8, 4) is 22.5 Å². The second kappa shape index (κ2) is 11.6. The fourth-order valence-electron chi connectivity index (χ4n) is 5.23. The number of hydrogen-bond donors (Lipinski definition) is 2. The molecule has 1 amide bonds. The van der Waals surface area contributed by atoms with Gasteiger partial charge in [0.2, 0.25) is 0 Å². The number of fused-ring (bicyclic) bond motifs is 1. The fraction of sp³-hybridized carbons (Fsp3) is 0.353. The Kier molecular flexibility index (Phi) is 8.12. The third-order valence-corrected chi connectivity index (χ3v) is 8.20. The van der Waals surface area contributed by atoms with Crippen LogP contribution < -0.4 is 5.32 Å². The number of carbonyl (C=O) groups is 1. The monoisotopic (exact) mass is 579 g/mol. The molecular formula is C34H41N7O2. The molecule has 1 atom stereocenters. The Morgan fingerprint density at radius 2 is 1.88 bits per heavy atom. The first-order valence-corrected chi connectivity index (χ1v) is 14.7. The highest BCUT2D eigenvalue weighted by atomic mass is 16.3. The van der Waals surface area contributed by atoms with Gasteiger partial charge in [-0.05, 0) is 69.9 Å². The second-order valence-corrected chi connectivity index (χ2v) is 11.9. The number of imidazole rings is 1. The zero-order chi connectivity index (χ0) is 31.1. The topological polar surface area (TPSA) is 101 Å². The number of aryl methyl sites for hydroxylation is 3. The molecule has 0 aliphatic rings. The summed E-state index contributed by atoms with van der Waals surface area (Å²) >= 11 is 0. The van der Waals surface area contributed by atoms with Gasteiger partial charge in [-0.3, -0.25) is 4.79 Å². The number of anilines is 1. The number of rotatable bonds is 9. The molecule has 0 fully saturated rings. The second-order valence-electron chi connectivity index (χ2n) is 11.9. The summed E-state index contributed by atoms with van der Waals surface area (Å²) in [6.45, 7) is 12.0. The van der Waals surface area contributed by atoms with Crippen molar-refractivity contribution in [3.63, 3.8) is 0 Å². The van der Waals surface area contributed by atoms with Crippen LogP contribution in [0.2, 0.25) is 0 Å². The van der Waals surface area contributed by atoms with Crippen LogP contribution in [0.3, 0.4) is 0 Å². The molecule has 0 bridgehead atoms. The van der Waals surface area contributed by atoms with E-state index in [1.54, 1.807) is 29.5 Å². The van der Waals surface area contributed by atoms with Gasteiger partial charge in [0.25, 0.3) is 5.91 Å². The maximum absolute atomic E-state index is 13.5. The third-order valence-electron chi connectivity index (χ3n) is 8.20. The predicted molar refractivity (Wildman–Crippen MR) is 171 cm³/mol. The van der Waals surface area contributed by atoms with E-state index in [1.165, 1.54) is 0 Å². The molecule has 0 spiro atoms. The Hall–Kier alpha value is -4.50. The van der Waals surface area contributed by atoms with Gasteiger partial charge in [0.1, 0.15) is 17.2 Å². The average Bonchev–Trinajstić information content (AvgIpc) is 3.56. The molecule has 0 saturated carbocycles. The molecule has 2 N–H and O–H groups in total. The third kappa shape index (κ3) is 5.90. The number of aromatic nitrogens is 5. The minimum Gasteiger partial charge on any atom is -0.384 e. The summed E-state index contributed by atoms with van der Waals surface area (Å²) in [4.78, 5) is 24.6. The molecule has 0 radical (unpaired) electrons. The van der Waals surface area contributed by atoms with Crippen molar-refractivity contribution in [1.82, 2.24) is 29.0 Å². The maximum Gasteiger partial charge on any atom is 0.254 e. The SMILES string of the molecule is CC[C@H](C)N(C)C(=O)c1cc(-c2c(C)nn3c(NCc4cccc(-c5nccn5C)c4)cc(C(C)(C)O)nc23)ccc1C. The Balaban J connectivity index is 1.57. The number of aliphatic hydroxyl groups is 1. The van der Waals surface area contributed by atoms with Crippen molar-refractivity contribution in [3.05, 3.63) is 89.0 Å². The highest BCUT2D eigenvalue weighted by Crippen LogP contribution is 2.33. The van der Waals surface area contributed by atoms with Crippen LogP contribution in [-0.2, 0) is 19.2 Å². The van der Waals surface area contributed by atoms with Crippen molar-refractivity contribution in [2.24, 2.45) is 7.05 Å². The fourth-order valence-corrected chi connectivity index (χ4v) is 5.23. The minimum atomic E-state index is -1.18. The summed E-state index contributed by atoms with van der Waals surface area (Å²) in [5, 5.41) is 19.4. The number of amides is 1. The lowest BCUT2D eigenvalue weighted by Gasteiger charge is -2.25. The molecule has 3 heterocycles. The zero-order valence-corrected chi connectivity index (χ0v) is 26.3. The number of nitrogens with one attached hydrogen (secondary N) is 1.